The lowest BCUT2D eigenvalue weighted by Gasteiger charge is -2.15. The Morgan fingerprint density at radius 2 is 1.64 bits per heavy atom. The summed E-state index contributed by atoms with van der Waals surface area (Å²) in [5.41, 5.74) is 4.94. The Morgan fingerprint density at radius 3 is 2.24 bits per heavy atom. The maximum atomic E-state index is 12.3. The van der Waals surface area contributed by atoms with Crippen molar-refractivity contribution in [2.45, 2.75) is 26.8 Å². The molecule has 1 heterocycles. The van der Waals surface area contributed by atoms with Crippen LogP contribution < -0.4 is 10.6 Å². The van der Waals surface area contributed by atoms with Gasteiger partial charge in [0, 0.05) is 22.3 Å². The monoisotopic (exact) mass is 351 g/mol. The van der Waals surface area contributed by atoms with Crippen molar-refractivity contribution in [1.29, 1.82) is 0 Å². The summed E-state index contributed by atoms with van der Waals surface area (Å²) in [6.07, 6.45) is 0. The number of amides is 1. The lowest BCUT2D eigenvalue weighted by atomic mass is 10.1. The summed E-state index contributed by atoms with van der Waals surface area (Å²) in [7, 11) is 0. The predicted molar refractivity (Wildman–Crippen MR) is 105 cm³/mol. The van der Waals surface area contributed by atoms with Crippen LogP contribution in [-0.4, -0.2) is 16.9 Å². The van der Waals surface area contributed by atoms with Gasteiger partial charge in [-0.15, -0.1) is 11.3 Å². The molecule has 2 aromatic carbocycles. The van der Waals surface area contributed by atoms with Gasteiger partial charge in [-0.1, -0.05) is 29.8 Å². The number of nitrogens with zero attached hydrogens (tertiary/aromatic N) is 1. The van der Waals surface area contributed by atoms with Crippen molar-refractivity contribution < 1.29 is 4.79 Å². The Kier molecular flexibility index (Phi) is 5.14. The number of anilines is 2. The van der Waals surface area contributed by atoms with Crippen molar-refractivity contribution in [3.8, 4) is 11.3 Å². The zero-order valence-electron chi connectivity index (χ0n) is 14.5. The second-order valence-corrected chi connectivity index (χ2v) is 7.11. The maximum Gasteiger partial charge on any atom is 0.246 e. The number of carbonyl (C=O) groups excluding carboxylic acids is 1. The van der Waals surface area contributed by atoms with Gasteiger partial charge in [-0.2, -0.15) is 0 Å². The third-order valence-electron chi connectivity index (χ3n) is 3.90. The smallest absolute Gasteiger partial charge is 0.246 e. The molecule has 5 heteroatoms. The summed E-state index contributed by atoms with van der Waals surface area (Å²) in [5.74, 6) is -0.0666. The van der Waals surface area contributed by atoms with E-state index in [1.807, 2.05) is 69.3 Å². The Labute approximate surface area is 151 Å². The Hall–Kier alpha value is -2.66. The third kappa shape index (κ3) is 4.45. The highest BCUT2D eigenvalue weighted by molar-refractivity contribution is 7.09. The molecule has 0 fully saturated rings. The highest BCUT2D eigenvalue weighted by atomic mass is 32.1. The first-order chi connectivity index (χ1) is 12.0. The van der Waals surface area contributed by atoms with E-state index < -0.39 is 0 Å². The molecule has 2 N–H and O–H groups in total. The van der Waals surface area contributed by atoms with Gasteiger partial charge in [-0.05, 0) is 45.0 Å². The van der Waals surface area contributed by atoms with E-state index in [1.54, 1.807) is 11.3 Å². The van der Waals surface area contributed by atoms with Gasteiger partial charge in [-0.3, -0.25) is 4.79 Å². The number of thiazole rings is 1. The van der Waals surface area contributed by atoms with Gasteiger partial charge in [-0.25, -0.2) is 4.98 Å². The highest BCUT2D eigenvalue weighted by Gasteiger charge is 2.13. The molecule has 0 radical (unpaired) electrons. The zero-order chi connectivity index (χ0) is 17.8. The van der Waals surface area contributed by atoms with Crippen LogP contribution in [0.2, 0.25) is 0 Å². The van der Waals surface area contributed by atoms with Crippen molar-refractivity contribution in [3.63, 3.8) is 0 Å². The van der Waals surface area contributed by atoms with E-state index in [9.17, 15) is 4.79 Å². The number of rotatable bonds is 5. The molecule has 0 saturated heterocycles. The molecule has 0 spiro atoms. The molecule has 4 nitrogen and oxygen atoms in total. The second kappa shape index (κ2) is 7.49. The van der Waals surface area contributed by atoms with Crippen molar-refractivity contribution in [1.82, 2.24) is 4.98 Å². The van der Waals surface area contributed by atoms with Crippen molar-refractivity contribution >= 4 is 28.6 Å². The van der Waals surface area contributed by atoms with E-state index >= 15 is 0 Å². The molecule has 1 amide bonds. The van der Waals surface area contributed by atoms with Crippen LogP contribution in [0, 0.1) is 13.8 Å². The largest absolute Gasteiger partial charge is 0.374 e. The van der Waals surface area contributed by atoms with Crippen LogP contribution in [0.25, 0.3) is 11.3 Å². The molecule has 0 bridgehead atoms. The Balaban J connectivity index is 1.61. The van der Waals surface area contributed by atoms with E-state index in [0.717, 1.165) is 27.6 Å². The van der Waals surface area contributed by atoms with Crippen LogP contribution in [0.1, 0.15) is 17.5 Å². The van der Waals surface area contributed by atoms with Gasteiger partial charge in [0.25, 0.3) is 0 Å². The van der Waals surface area contributed by atoms with Crippen molar-refractivity contribution in [2.75, 3.05) is 10.6 Å². The average Bonchev–Trinajstić information content (AvgIpc) is 3.04. The minimum Gasteiger partial charge on any atom is -0.374 e. The van der Waals surface area contributed by atoms with Gasteiger partial charge in [0.15, 0.2) is 0 Å². The molecule has 25 heavy (non-hydrogen) atoms. The molecule has 128 valence electrons. The zero-order valence-corrected chi connectivity index (χ0v) is 15.4. The predicted octanol–water partition coefficient (Wildman–Crippen LogP) is 4.87. The van der Waals surface area contributed by atoms with Gasteiger partial charge in [0.2, 0.25) is 5.91 Å². The maximum absolute atomic E-state index is 12.3. The summed E-state index contributed by atoms with van der Waals surface area (Å²) in [6.45, 7) is 5.87. The van der Waals surface area contributed by atoms with E-state index in [-0.39, 0.29) is 11.9 Å². The van der Waals surface area contributed by atoms with E-state index in [1.165, 1.54) is 5.56 Å². The number of benzene rings is 2. The lowest BCUT2D eigenvalue weighted by molar-refractivity contribution is -0.116. The molecule has 1 atom stereocenters. The molecule has 1 aromatic heterocycles. The normalized spacial score (nSPS) is 11.8. The van der Waals surface area contributed by atoms with Crippen molar-refractivity contribution in [3.05, 3.63) is 64.5 Å². The number of nitrogens with one attached hydrogen (secondary N) is 2. The number of hydrogen-bond donors (Lipinski definition) is 2. The molecule has 0 saturated carbocycles. The van der Waals surface area contributed by atoms with E-state index in [4.69, 9.17) is 0 Å². The molecule has 0 aliphatic heterocycles. The highest BCUT2D eigenvalue weighted by Crippen LogP contribution is 2.23. The van der Waals surface area contributed by atoms with Gasteiger partial charge >= 0.3 is 0 Å². The van der Waals surface area contributed by atoms with Crippen LogP contribution in [0.4, 0.5) is 11.4 Å². The number of carbonyl (C=O) groups is 1. The first-order valence-corrected chi connectivity index (χ1v) is 9.06. The fourth-order valence-corrected chi connectivity index (χ4v) is 3.06. The van der Waals surface area contributed by atoms with E-state index in [0.29, 0.717) is 0 Å². The van der Waals surface area contributed by atoms with Crippen LogP contribution in [0.5, 0.6) is 0 Å². The molecule has 3 aromatic rings. The summed E-state index contributed by atoms with van der Waals surface area (Å²) < 4.78 is 0. The average molecular weight is 351 g/mol. The third-order valence-corrected chi connectivity index (χ3v) is 4.67. The summed E-state index contributed by atoms with van der Waals surface area (Å²) >= 11 is 1.64. The second-order valence-electron chi connectivity index (χ2n) is 6.05. The van der Waals surface area contributed by atoms with Gasteiger partial charge in [0.1, 0.15) is 6.04 Å². The van der Waals surface area contributed by atoms with E-state index in [2.05, 4.69) is 21.0 Å². The van der Waals surface area contributed by atoms with Crippen LogP contribution in [-0.2, 0) is 4.79 Å². The van der Waals surface area contributed by atoms with Crippen LogP contribution in [0.15, 0.2) is 53.9 Å². The minimum absolute atomic E-state index is 0.0666. The quantitative estimate of drug-likeness (QED) is 0.690. The molecule has 0 aliphatic carbocycles. The SMILES string of the molecule is Cc1ccc(NC(=O)[C@H](C)Nc2ccc(-c3csc(C)n3)cc2)cc1. The Bertz CT molecular complexity index is 853. The summed E-state index contributed by atoms with van der Waals surface area (Å²) in [6, 6.07) is 15.4. The number of hydrogen-bond acceptors (Lipinski definition) is 4. The molecule has 3 rings (SSSR count). The van der Waals surface area contributed by atoms with Gasteiger partial charge < -0.3 is 10.6 Å². The first kappa shape index (κ1) is 17.2. The first-order valence-electron chi connectivity index (χ1n) is 8.18. The summed E-state index contributed by atoms with van der Waals surface area (Å²) in [5, 5.41) is 9.25. The fraction of sp³-hybridized carbons (Fsp3) is 0.200. The molecular formula is C20H21N3OS. The fourth-order valence-electron chi connectivity index (χ4n) is 2.44. The molecular weight excluding hydrogens is 330 g/mol. The lowest BCUT2D eigenvalue weighted by Crippen LogP contribution is -2.31. The molecule has 0 aliphatic rings. The number of aryl methyl sites for hydroxylation is 2. The standard InChI is InChI=1S/C20H21N3OS/c1-13-4-8-18(9-5-13)23-20(24)14(2)21-17-10-6-16(7-11-17)19-12-25-15(3)22-19/h4-12,14,21H,1-3H3,(H,23,24)/t14-/m0/s1. The number of aromatic nitrogens is 1. The van der Waals surface area contributed by atoms with Gasteiger partial charge in [0.05, 0.1) is 10.7 Å². The molecule has 0 unspecified atom stereocenters. The van der Waals surface area contributed by atoms with Crippen LogP contribution in [0.3, 0.4) is 0 Å². The minimum atomic E-state index is -0.339. The Morgan fingerprint density at radius 1 is 1.00 bits per heavy atom. The van der Waals surface area contributed by atoms with Crippen molar-refractivity contribution in [2.24, 2.45) is 0 Å². The topological polar surface area (TPSA) is 54.0 Å². The summed E-state index contributed by atoms with van der Waals surface area (Å²) in [4.78, 5) is 16.8. The van der Waals surface area contributed by atoms with Crippen LogP contribution >= 0.6 is 11.3 Å².